The number of carbonyl (C=O) groups excluding carboxylic acids is 1. The second kappa shape index (κ2) is 10.0. The van der Waals surface area contributed by atoms with Gasteiger partial charge in [-0.25, -0.2) is 4.79 Å². The number of carbonyl (C=O) groups is 1. The molecule has 34 heavy (non-hydrogen) atoms. The van der Waals surface area contributed by atoms with Crippen molar-refractivity contribution in [2.75, 3.05) is 0 Å². The molecular weight excluding hydrogens is 448 g/mol. The largest absolute Gasteiger partial charge is 0.511 e. The maximum atomic E-state index is 13.2. The minimum Gasteiger partial charge on any atom is -0.511 e. The van der Waals surface area contributed by atoms with Gasteiger partial charge >= 0.3 is 5.97 Å². The van der Waals surface area contributed by atoms with Crippen LogP contribution in [0, 0.1) is 12.8 Å². The second-order valence-electron chi connectivity index (χ2n) is 10.5. The van der Waals surface area contributed by atoms with Gasteiger partial charge in [0.25, 0.3) is 0 Å². The molecule has 3 rings (SSSR count). The van der Waals surface area contributed by atoms with Crippen molar-refractivity contribution in [2.24, 2.45) is 5.92 Å². The summed E-state index contributed by atoms with van der Waals surface area (Å²) in [5.41, 5.74) is 2.83. The van der Waals surface area contributed by atoms with Crippen molar-refractivity contribution in [1.82, 2.24) is 0 Å². The lowest BCUT2D eigenvalue weighted by molar-refractivity contribution is -0.164. The molecule has 0 unspecified atom stereocenters. The Hall–Kier alpha value is -2.44. The van der Waals surface area contributed by atoms with Crippen LogP contribution in [0.3, 0.4) is 0 Å². The van der Waals surface area contributed by atoms with Gasteiger partial charge in [-0.3, -0.25) is 0 Å². The summed E-state index contributed by atoms with van der Waals surface area (Å²) in [7, 11) is 0. The number of hydrogen-bond acceptors (Lipinski definition) is 6. The molecule has 1 heterocycles. The van der Waals surface area contributed by atoms with E-state index >= 15 is 0 Å². The van der Waals surface area contributed by atoms with Crippen molar-refractivity contribution < 1.29 is 24.9 Å². The average molecular weight is 485 g/mol. The fourth-order valence-electron chi connectivity index (χ4n) is 4.29. The van der Waals surface area contributed by atoms with Gasteiger partial charge in [-0.2, -0.15) is 0 Å². The molecule has 0 amide bonds. The molecule has 0 saturated heterocycles. The standard InChI is InChI=1S/C28H36O5S/c1-17(2)28(12-11-19-7-9-21(30)10-8-19)15-23(31)25(26(32)33-28)34-24-13-18(3)20(16-29)14-22(24)27(4,5)6/h7-10,13-14,17,29-31H,11-12,15-16H2,1-6H3/t28-/m0/s1. The van der Waals surface area contributed by atoms with Gasteiger partial charge in [0.05, 0.1) is 6.61 Å². The van der Waals surface area contributed by atoms with Crippen LogP contribution < -0.4 is 0 Å². The Labute approximate surface area is 206 Å². The highest BCUT2D eigenvalue weighted by atomic mass is 32.2. The third kappa shape index (κ3) is 5.61. The van der Waals surface area contributed by atoms with Crippen molar-refractivity contribution in [3.8, 4) is 5.75 Å². The molecule has 3 N–H and O–H groups in total. The number of hydrogen-bond donors (Lipinski definition) is 3. The predicted octanol–water partition coefficient (Wildman–Crippen LogP) is 6.33. The van der Waals surface area contributed by atoms with E-state index in [1.54, 1.807) is 12.1 Å². The van der Waals surface area contributed by atoms with Gasteiger partial charge in [-0.15, -0.1) is 0 Å². The molecular formula is C28H36O5S. The minimum atomic E-state index is -0.799. The van der Waals surface area contributed by atoms with Crippen molar-refractivity contribution in [2.45, 2.75) is 83.3 Å². The first-order valence-corrected chi connectivity index (χ1v) is 12.5. The van der Waals surface area contributed by atoms with Gasteiger partial charge in [-0.05, 0) is 71.6 Å². The van der Waals surface area contributed by atoms with Gasteiger partial charge in [0.15, 0.2) is 0 Å². The number of aliphatic hydroxyl groups is 2. The molecule has 5 nitrogen and oxygen atoms in total. The number of rotatable bonds is 7. The Kier molecular flexibility index (Phi) is 7.73. The zero-order valence-corrected chi connectivity index (χ0v) is 21.8. The molecule has 2 aromatic rings. The van der Waals surface area contributed by atoms with Crippen molar-refractivity contribution in [3.63, 3.8) is 0 Å². The second-order valence-corrected chi connectivity index (χ2v) is 11.6. The fourth-order valence-corrected chi connectivity index (χ4v) is 5.54. The zero-order chi connectivity index (χ0) is 25.3. The first-order chi connectivity index (χ1) is 15.9. The number of thioether (sulfide) groups is 1. The summed E-state index contributed by atoms with van der Waals surface area (Å²) in [6, 6.07) is 11.0. The van der Waals surface area contributed by atoms with E-state index in [4.69, 9.17) is 4.74 Å². The normalized spacial score (nSPS) is 19.0. The zero-order valence-electron chi connectivity index (χ0n) is 20.9. The van der Waals surface area contributed by atoms with Gasteiger partial charge in [0.1, 0.15) is 22.0 Å². The maximum Gasteiger partial charge on any atom is 0.349 e. The topological polar surface area (TPSA) is 87.0 Å². The van der Waals surface area contributed by atoms with E-state index in [0.717, 1.165) is 27.1 Å². The Bertz CT molecular complexity index is 1080. The van der Waals surface area contributed by atoms with E-state index in [1.807, 2.05) is 45.0 Å². The Morgan fingerprint density at radius 1 is 1.12 bits per heavy atom. The fraction of sp³-hybridized carbons (Fsp3) is 0.464. The SMILES string of the molecule is Cc1cc(SC2=C(O)C[C@@](CCc3ccc(O)cc3)(C(C)C)OC2=O)c(C(C)(C)C)cc1CO. The summed E-state index contributed by atoms with van der Waals surface area (Å²) in [4.78, 5) is 14.3. The number of benzene rings is 2. The lowest BCUT2D eigenvalue weighted by Gasteiger charge is -2.40. The van der Waals surface area contributed by atoms with E-state index in [-0.39, 0.29) is 40.8 Å². The Morgan fingerprint density at radius 3 is 2.29 bits per heavy atom. The van der Waals surface area contributed by atoms with Crippen molar-refractivity contribution >= 4 is 17.7 Å². The minimum absolute atomic E-state index is 0.0125. The lowest BCUT2D eigenvalue weighted by Crippen LogP contribution is -2.44. The molecule has 0 aliphatic carbocycles. The van der Waals surface area contributed by atoms with Crippen LogP contribution >= 0.6 is 11.8 Å². The molecule has 0 bridgehead atoms. The quantitative estimate of drug-likeness (QED) is 0.398. The van der Waals surface area contributed by atoms with Crippen LogP contribution in [0.2, 0.25) is 0 Å². The third-order valence-electron chi connectivity index (χ3n) is 6.66. The van der Waals surface area contributed by atoms with Gasteiger partial charge in [0, 0.05) is 11.3 Å². The number of aliphatic hydroxyl groups excluding tert-OH is 2. The van der Waals surface area contributed by atoms with Crippen LogP contribution in [0.5, 0.6) is 5.75 Å². The summed E-state index contributed by atoms with van der Waals surface area (Å²) >= 11 is 1.24. The van der Waals surface area contributed by atoms with E-state index in [2.05, 4.69) is 20.8 Å². The van der Waals surface area contributed by atoms with Crippen molar-refractivity contribution in [1.29, 1.82) is 0 Å². The summed E-state index contributed by atoms with van der Waals surface area (Å²) in [5.74, 6) is -0.217. The molecule has 0 saturated carbocycles. The van der Waals surface area contributed by atoms with Crippen LogP contribution in [0.4, 0.5) is 0 Å². The smallest absolute Gasteiger partial charge is 0.349 e. The highest BCUT2D eigenvalue weighted by Gasteiger charge is 2.44. The Balaban J connectivity index is 1.91. The molecule has 1 aliphatic heterocycles. The van der Waals surface area contributed by atoms with Crippen LogP contribution in [-0.4, -0.2) is 26.9 Å². The molecule has 0 fully saturated rings. The predicted molar refractivity (Wildman–Crippen MR) is 136 cm³/mol. The first-order valence-electron chi connectivity index (χ1n) is 11.7. The average Bonchev–Trinajstić information content (AvgIpc) is 2.75. The Morgan fingerprint density at radius 2 is 1.76 bits per heavy atom. The number of ether oxygens (including phenoxy) is 1. The molecule has 184 valence electrons. The molecule has 6 heteroatoms. The summed E-state index contributed by atoms with van der Waals surface area (Å²) < 4.78 is 6.07. The molecule has 1 atom stereocenters. The number of phenolic OH excluding ortho intramolecular Hbond substituents is 1. The van der Waals surface area contributed by atoms with E-state index in [0.29, 0.717) is 12.8 Å². The van der Waals surface area contributed by atoms with Gasteiger partial charge in [-0.1, -0.05) is 64.6 Å². The molecule has 0 radical (unpaired) electrons. The summed E-state index contributed by atoms with van der Waals surface area (Å²) in [6.07, 6.45) is 1.49. The van der Waals surface area contributed by atoms with E-state index < -0.39 is 11.6 Å². The van der Waals surface area contributed by atoms with Crippen LogP contribution in [0.25, 0.3) is 0 Å². The molecule has 1 aliphatic rings. The molecule has 0 aromatic heterocycles. The van der Waals surface area contributed by atoms with Crippen LogP contribution in [0.15, 0.2) is 52.0 Å². The molecule has 2 aromatic carbocycles. The number of esters is 1. The first kappa shape index (κ1) is 26.2. The third-order valence-corrected chi connectivity index (χ3v) is 7.83. The number of phenols is 1. The lowest BCUT2D eigenvalue weighted by atomic mass is 9.80. The van der Waals surface area contributed by atoms with Crippen LogP contribution in [-0.2, 0) is 28.0 Å². The highest BCUT2D eigenvalue weighted by Crippen LogP contribution is 2.45. The monoisotopic (exact) mass is 484 g/mol. The van der Waals surface area contributed by atoms with E-state index in [9.17, 15) is 20.1 Å². The van der Waals surface area contributed by atoms with Gasteiger partial charge in [0.2, 0.25) is 0 Å². The van der Waals surface area contributed by atoms with Crippen molar-refractivity contribution in [3.05, 3.63) is 69.3 Å². The van der Waals surface area contributed by atoms with E-state index in [1.165, 1.54) is 11.8 Å². The number of cyclic esters (lactones) is 1. The maximum absolute atomic E-state index is 13.2. The summed E-state index contributed by atoms with van der Waals surface area (Å²) in [5, 5.41) is 30.3. The highest BCUT2D eigenvalue weighted by molar-refractivity contribution is 8.04. The number of aromatic hydroxyl groups is 1. The van der Waals surface area contributed by atoms with Gasteiger partial charge < -0.3 is 20.1 Å². The number of aryl methyl sites for hydroxylation is 2. The summed E-state index contributed by atoms with van der Waals surface area (Å²) in [6.45, 7) is 12.2. The van der Waals surface area contributed by atoms with Crippen LogP contribution in [0.1, 0.15) is 69.7 Å². The molecule has 0 spiro atoms.